The van der Waals surface area contributed by atoms with Crippen molar-refractivity contribution in [2.24, 2.45) is 0 Å². The Bertz CT molecular complexity index is 199. The maximum Gasteiger partial charge on any atom is 0.680 e. The molecule has 0 aliphatic rings. The normalized spacial score (nSPS) is 11.8. The molecule has 0 fully saturated rings. The molecule has 0 spiro atoms. The highest BCUT2D eigenvalue weighted by atomic mass is 28.4. The van der Waals surface area contributed by atoms with Gasteiger partial charge in [-0.15, -0.1) is 0 Å². The van der Waals surface area contributed by atoms with Crippen molar-refractivity contribution in [1.82, 2.24) is 0 Å². The molecule has 0 aliphatic heterocycles. The van der Waals surface area contributed by atoms with Gasteiger partial charge in [0.1, 0.15) is 0 Å². The minimum absolute atomic E-state index is 0.420. The molecule has 0 unspecified atom stereocenters. The van der Waals surface area contributed by atoms with Crippen LogP contribution in [0.5, 0.6) is 0 Å². The van der Waals surface area contributed by atoms with Crippen LogP contribution in [0.2, 0.25) is 0 Å². The molecule has 0 amide bonds. The van der Waals surface area contributed by atoms with Gasteiger partial charge in [0.25, 0.3) is 0 Å². The van der Waals surface area contributed by atoms with Crippen molar-refractivity contribution < 1.29 is 17.7 Å². The van der Waals surface area contributed by atoms with Gasteiger partial charge in [-0.1, -0.05) is 32.9 Å². The molecule has 108 valence electrons. The largest absolute Gasteiger partial charge is 0.680 e. The minimum Gasteiger partial charge on any atom is -0.351 e. The average molecular weight is 276 g/mol. The SMILES string of the molecule is C=C(C)CO[Si](OCCC)(OCCC)OCCC. The summed E-state index contributed by atoms with van der Waals surface area (Å²) in [5, 5.41) is 0. The van der Waals surface area contributed by atoms with Crippen LogP contribution >= 0.6 is 0 Å². The molecule has 0 bridgehead atoms. The summed E-state index contributed by atoms with van der Waals surface area (Å²) in [5.41, 5.74) is 0.937. The second-order valence-electron chi connectivity index (χ2n) is 4.29. The third kappa shape index (κ3) is 8.00. The highest BCUT2D eigenvalue weighted by Crippen LogP contribution is 2.15. The van der Waals surface area contributed by atoms with E-state index in [1.54, 1.807) is 0 Å². The smallest absolute Gasteiger partial charge is 0.351 e. The van der Waals surface area contributed by atoms with Crippen molar-refractivity contribution >= 4 is 9.05 Å². The second kappa shape index (κ2) is 10.7. The molecule has 0 aromatic rings. The van der Waals surface area contributed by atoms with E-state index in [2.05, 4.69) is 27.4 Å². The molecule has 0 N–H and O–H groups in total. The van der Waals surface area contributed by atoms with E-state index in [1.807, 2.05) is 6.92 Å². The Morgan fingerprint density at radius 1 is 0.833 bits per heavy atom. The summed E-state index contributed by atoms with van der Waals surface area (Å²) in [5.74, 6) is 0. The van der Waals surface area contributed by atoms with Gasteiger partial charge in [0.2, 0.25) is 0 Å². The van der Waals surface area contributed by atoms with E-state index in [9.17, 15) is 0 Å². The van der Waals surface area contributed by atoms with Crippen LogP contribution in [-0.4, -0.2) is 35.5 Å². The fourth-order valence-electron chi connectivity index (χ4n) is 1.14. The minimum atomic E-state index is -2.98. The average Bonchev–Trinajstić information content (AvgIpc) is 2.37. The Balaban J connectivity index is 4.55. The monoisotopic (exact) mass is 276 g/mol. The molecule has 0 saturated carbocycles. The first kappa shape index (κ1) is 17.8. The van der Waals surface area contributed by atoms with Crippen LogP contribution in [0.4, 0.5) is 0 Å². The summed E-state index contributed by atoms with van der Waals surface area (Å²) in [4.78, 5) is 0. The fourth-order valence-corrected chi connectivity index (χ4v) is 3.43. The summed E-state index contributed by atoms with van der Waals surface area (Å²) in [6, 6.07) is 0. The van der Waals surface area contributed by atoms with Crippen molar-refractivity contribution in [2.45, 2.75) is 47.0 Å². The van der Waals surface area contributed by atoms with Gasteiger partial charge in [-0.3, -0.25) is 0 Å². The van der Waals surface area contributed by atoms with Crippen LogP contribution in [0.1, 0.15) is 47.0 Å². The van der Waals surface area contributed by atoms with E-state index in [-0.39, 0.29) is 0 Å². The van der Waals surface area contributed by atoms with E-state index >= 15 is 0 Å². The lowest BCUT2D eigenvalue weighted by molar-refractivity contribution is -0.0304. The first-order chi connectivity index (χ1) is 8.60. The van der Waals surface area contributed by atoms with Crippen LogP contribution in [0.3, 0.4) is 0 Å². The molecule has 0 saturated heterocycles. The van der Waals surface area contributed by atoms with Gasteiger partial charge in [-0.05, 0) is 26.2 Å². The zero-order valence-corrected chi connectivity index (χ0v) is 13.3. The Labute approximate surface area is 113 Å². The second-order valence-corrected chi connectivity index (χ2v) is 6.45. The molecule has 4 nitrogen and oxygen atoms in total. The van der Waals surface area contributed by atoms with E-state index in [1.165, 1.54) is 0 Å². The summed E-state index contributed by atoms with van der Waals surface area (Å²) >= 11 is 0. The number of hydrogen-bond acceptors (Lipinski definition) is 4. The van der Waals surface area contributed by atoms with Crippen molar-refractivity contribution in [3.8, 4) is 0 Å². The van der Waals surface area contributed by atoms with E-state index in [0.717, 1.165) is 24.8 Å². The molecule has 0 heterocycles. The molecule has 0 aliphatic carbocycles. The molecule has 0 aromatic carbocycles. The van der Waals surface area contributed by atoms with E-state index in [0.29, 0.717) is 26.4 Å². The predicted molar refractivity (Wildman–Crippen MR) is 75.2 cm³/mol. The summed E-state index contributed by atoms with van der Waals surface area (Å²) in [7, 11) is -2.98. The zero-order valence-electron chi connectivity index (χ0n) is 12.3. The first-order valence-corrected chi connectivity index (χ1v) is 8.43. The Morgan fingerprint density at radius 3 is 1.50 bits per heavy atom. The zero-order chi connectivity index (χ0) is 13.9. The Hall–Kier alpha value is -0.203. The van der Waals surface area contributed by atoms with Crippen LogP contribution in [0.15, 0.2) is 12.2 Å². The molecule has 0 rings (SSSR count). The van der Waals surface area contributed by atoms with Gasteiger partial charge in [0.05, 0.1) is 6.61 Å². The molecule has 18 heavy (non-hydrogen) atoms. The lowest BCUT2D eigenvalue weighted by Crippen LogP contribution is -2.50. The van der Waals surface area contributed by atoms with Gasteiger partial charge >= 0.3 is 9.05 Å². The van der Waals surface area contributed by atoms with Gasteiger partial charge < -0.3 is 17.7 Å². The van der Waals surface area contributed by atoms with E-state index < -0.39 is 9.05 Å². The maximum atomic E-state index is 5.77. The number of rotatable bonds is 12. The van der Waals surface area contributed by atoms with Crippen LogP contribution < -0.4 is 0 Å². The van der Waals surface area contributed by atoms with Crippen molar-refractivity contribution in [3.63, 3.8) is 0 Å². The molecule has 0 aromatic heterocycles. The lowest BCUT2D eigenvalue weighted by Gasteiger charge is -2.28. The van der Waals surface area contributed by atoms with Crippen molar-refractivity contribution in [1.29, 1.82) is 0 Å². The third-order valence-electron chi connectivity index (χ3n) is 1.94. The first-order valence-electron chi connectivity index (χ1n) is 6.80. The van der Waals surface area contributed by atoms with Gasteiger partial charge in [-0.25, -0.2) is 0 Å². The Kier molecular flexibility index (Phi) is 10.6. The fraction of sp³-hybridized carbons (Fsp3) is 0.846. The number of hydrogen-bond donors (Lipinski definition) is 0. The van der Waals surface area contributed by atoms with Crippen LogP contribution in [0.25, 0.3) is 0 Å². The van der Waals surface area contributed by atoms with Gasteiger partial charge in [0, 0.05) is 19.8 Å². The summed E-state index contributed by atoms with van der Waals surface area (Å²) < 4.78 is 23.1. The third-order valence-corrected chi connectivity index (χ3v) is 4.12. The van der Waals surface area contributed by atoms with Gasteiger partial charge in [0.15, 0.2) is 0 Å². The predicted octanol–water partition coefficient (Wildman–Crippen LogP) is 3.29. The lowest BCUT2D eigenvalue weighted by atomic mass is 10.4. The molecular weight excluding hydrogens is 248 g/mol. The molecule has 0 atom stereocenters. The summed E-state index contributed by atoms with van der Waals surface area (Å²) in [6.45, 7) is 14.1. The highest BCUT2D eigenvalue weighted by molar-refractivity contribution is 6.53. The summed E-state index contributed by atoms with van der Waals surface area (Å²) in [6.07, 6.45) is 2.74. The highest BCUT2D eigenvalue weighted by Gasteiger charge is 2.45. The van der Waals surface area contributed by atoms with Gasteiger partial charge in [-0.2, -0.15) is 0 Å². The van der Waals surface area contributed by atoms with Crippen LogP contribution in [0, 0.1) is 0 Å². The van der Waals surface area contributed by atoms with Crippen LogP contribution in [-0.2, 0) is 17.7 Å². The van der Waals surface area contributed by atoms with Crippen molar-refractivity contribution in [3.05, 3.63) is 12.2 Å². The maximum absolute atomic E-state index is 5.77. The van der Waals surface area contributed by atoms with Crippen molar-refractivity contribution in [2.75, 3.05) is 26.4 Å². The molecular formula is C13H28O4Si. The quantitative estimate of drug-likeness (QED) is 0.405. The molecule has 5 heteroatoms. The van der Waals surface area contributed by atoms with E-state index in [4.69, 9.17) is 17.7 Å². The standard InChI is InChI=1S/C13H28O4Si/c1-6-9-14-18(15-10-7-2,16-11-8-3)17-12-13(4)5/h4,6-12H2,1-3,5H3. The Morgan fingerprint density at radius 2 is 1.22 bits per heavy atom. The topological polar surface area (TPSA) is 36.9 Å². The molecule has 0 radical (unpaired) electrons.